The van der Waals surface area contributed by atoms with Crippen molar-refractivity contribution in [2.75, 3.05) is 0 Å². The zero-order valence-corrected chi connectivity index (χ0v) is 11.0. The summed E-state index contributed by atoms with van der Waals surface area (Å²) in [4.78, 5) is 10.0. The second kappa shape index (κ2) is 5.96. The molecule has 2 aromatic carbocycles. The van der Waals surface area contributed by atoms with Crippen LogP contribution in [0.4, 0.5) is 14.5 Å². The number of nitrogens with zero attached hydrogens (tertiary/aromatic N) is 1. The predicted molar refractivity (Wildman–Crippen MR) is 71.8 cm³/mol. The Labute approximate surface area is 119 Å². The molecule has 0 bridgehead atoms. The van der Waals surface area contributed by atoms with Crippen molar-refractivity contribution < 1.29 is 13.7 Å². The summed E-state index contributed by atoms with van der Waals surface area (Å²) in [5, 5.41) is 9.86. The molecule has 2 aromatic rings. The SMILES string of the molecule is O=[N+]([O-])c1ccc(CC(Cl)c2ccc(F)cc2F)cc1. The lowest BCUT2D eigenvalue weighted by Crippen LogP contribution is -2.00. The van der Waals surface area contributed by atoms with E-state index >= 15 is 0 Å². The number of rotatable bonds is 4. The highest BCUT2D eigenvalue weighted by Gasteiger charge is 2.15. The number of nitro groups is 1. The van der Waals surface area contributed by atoms with Crippen molar-refractivity contribution in [1.82, 2.24) is 0 Å². The fourth-order valence-corrected chi connectivity index (χ4v) is 2.18. The molecule has 0 saturated carbocycles. The van der Waals surface area contributed by atoms with Gasteiger partial charge in [-0.25, -0.2) is 8.78 Å². The Bertz CT molecular complexity index is 632. The van der Waals surface area contributed by atoms with Gasteiger partial charge in [-0.2, -0.15) is 0 Å². The van der Waals surface area contributed by atoms with Crippen LogP contribution in [0.1, 0.15) is 16.5 Å². The minimum Gasteiger partial charge on any atom is -0.258 e. The van der Waals surface area contributed by atoms with E-state index in [1.54, 1.807) is 12.1 Å². The van der Waals surface area contributed by atoms with Crippen LogP contribution in [-0.2, 0) is 6.42 Å². The fraction of sp³-hybridized carbons (Fsp3) is 0.143. The van der Waals surface area contributed by atoms with E-state index < -0.39 is 21.9 Å². The van der Waals surface area contributed by atoms with Gasteiger partial charge in [0.1, 0.15) is 11.6 Å². The number of hydrogen-bond donors (Lipinski definition) is 0. The highest BCUT2D eigenvalue weighted by molar-refractivity contribution is 6.20. The molecule has 6 heteroatoms. The fourth-order valence-electron chi connectivity index (χ4n) is 1.83. The average molecular weight is 298 g/mol. The Hall–Kier alpha value is -2.01. The van der Waals surface area contributed by atoms with E-state index in [9.17, 15) is 18.9 Å². The Morgan fingerprint density at radius 1 is 1.15 bits per heavy atom. The number of halogens is 3. The Kier molecular flexibility index (Phi) is 4.29. The van der Waals surface area contributed by atoms with Gasteiger partial charge in [-0.1, -0.05) is 18.2 Å². The number of non-ortho nitro benzene ring substituents is 1. The molecular formula is C14H10ClF2NO2. The molecule has 0 aromatic heterocycles. The van der Waals surface area contributed by atoms with Gasteiger partial charge in [-0.05, 0) is 18.1 Å². The van der Waals surface area contributed by atoms with Gasteiger partial charge in [0.2, 0.25) is 0 Å². The summed E-state index contributed by atoms with van der Waals surface area (Å²) < 4.78 is 26.4. The molecule has 20 heavy (non-hydrogen) atoms. The molecule has 0 radical (unpaired) electrons. The van der Waals surface area contributed by atoms with E-state index in [-0.39, 0.29) is 11.3 Å². The lowest BCUT2D eigenvalue weighted by molar-refractivity contribution is -0.384. The molecule has 3 nitrogen and oxygen atoms in total. The highest BCUT2D eigenvalue weighted by atomic mass is 35.5. The van der Waals surface area contributed by atoms with E-state index in [0.717, 1.165) is 17.7 Å². The summed E-state index contributed by atoms with van der Waals surface area (Å²) in [5.74, 6) is -1.36. The molecule has 0 saturated heterocycles. The second-order valence-electron chi connectivity index (χ2n) is 4.26. The zero-order chi connectivity index (χ0) is 14.7. The van der Waals surface area contributed by atoms with Crippen LogP contribution >= 0.6 is 11.6 Å². The zero-order valence-electron chi connectivity index (χ0n) is 10.2. The molecular weight excluding hydrogens is 288 g/mol. The predicted octanol–water partition coefficient (Wildman–Crippen LogP) is 4.40. The third kappa shape index (κ3) is 3.30. The molecule has 0 aliphatic rings. The van der Waals surface area contributed by atoms with Gasteiger partial charge in [-0.3, -0.25) is 10.1 Å². The van der Waals surface area contributed by atoms with Gasteiger partial charge in [0.05, 0.1) is 10.3 Å². The Morgan fingerprint density at radius 2 is 1.80 bits per heavy atom. The molecule has 1 unspecified atom stereocenters. The minimum absolute atomic E-state index is 0.0205. The number of hydrogen-bond acceptors (Lipinski definition) is 2. The van der Waals surface area contributed by atoms with E-state index in [4.69, 9.17) is 11.6 Å². The summed E-state index contributed by atoms with van der Waals surface area (Å²) in [6, 6.07) is 9.07. The van der Waals surface area contributed by atoms with Gasteiger partial charge < -0.3 is 0 Å². The summed E-state index contributed by atoms with van der Waals surface area (Å²) in [5.41, 5.74) is 0.915. The first-order chi connectivity index (χ1) is 9.47. The summed E-state index contributed by atoms with van der Waals surface area (Å²) in [7, 11) is 0. The summed E-state index contributed by atoms with van der Waals surface area (Å²) in [6.45, 7) is 0. The summed E-state index contributed by atoms with van der Waals surface area (Å²) in [6.07, 6.45) is 0.294. The standard InChI is InChI=1S/C14H10ClF2NO2/c15-13(12-6-3-10(16)8-14(12)17)7-9-1-4-11(5-2-9)18(19)20/h1-6,8,13H,7H2. The Morgan fingerprint density at radius 3 is 2.35 bits per heavy atom. The number of nitro benzene ring substituents is 1. The van der Waals surface area contributed by atoms with Crippen molar-refractivity contribution in [3.8, 4) is 0 Å². The van der Waals surface area contributed by atoms with Gasteiger partial charge >= 0.3 is 0 Å². The lowest BCUT2D eigenvalue weighted by Gasteiger charge is -2.11. The third-order valence-corrected chi connectivity index (χ3v) is 3.25. The normalized spacial score (nSPS) is 12.2. The van der Waals surface area contributed by atoms with Crippen molar-refractivity contribution in [2.24, 2.45) is 0 Å². The van der Waals surface area contributed by atoms with Crippen LogP contribution in [0.3, 0.4) is 0 Å². The maximum Gasteiger partial charge on any atom is 0.269 e. The Balaban J connectivity index is 2.14. The van der Waals surface area contributed by atoms with Crippen molar-refractivity contribution in [3.05, 3.63) is 75.3 Å². The van der Waals surface area contributed by atoms with Crippen LogP contribution in [-0.4, -0.2) is 4.92 Å². The van der Waals surface area contributed by atoms with E-state index in [1.807, 2.05) is 0 Å². The quantitative estimate of drug-likeness (QED) is 0.477. The smallest absolute Gasteiger partial charge is 0.258 e. The maximum atomic E-state index is 13.6. The molecule has 0 spiro atoms. The van der Waals surface area contributed by atoms with Crippen LogP contribution in [0.2, 0.25) is 0 Å². The average Bonchev–Trinajstić information content (AvgIpc) is 2.39. The topological polar surface area (TPSA) is 43.1 Å². The van der Waals surface area contributed by atoms with Gasteiger partial charge in [0.25, 0.3) is 5.69 Å². The van der Waals surface area contributed by atoms with Crippen LogP contribution in [0.25, 0.3) is 0 Å². The minimum atomic E-state index is -0.702. The van der Waals surface area contributed by atoms with E-state index in [0.29, 0.717) is 6.42 Å². The second-order valence-corrected chi connectivity index (χ2v) is 4.79. The number of benzene rings is 2. The summed E-state index contributed by atoms with van der Waals surface area (Å²) >= 11 is 6.10. The molecule has 0 fully saturated rings. The number of alkyl halides is 1. The molecule has 1 atom stereocenters. The van der Waals surface area contributed by atoms with Crippen molar-refractivity contribution in [1.29, 1.82) is 0 Å². The first-order valence-electron chi connectivity index (χ1n) is 5.79. The van der Waals surface area contributed by atoms with E-state index in [2.05, 4.69) is 0 Å². The monoisotopic (exact) mass is 297 g/mol. The van der Waals surface area contributed by atoms with Crippen molar-refractivity contribution in [3.63, 3.8) is 0 Å². The molecule has 0 N–H and O–H groups in total. The first kappa shape index (κ1) is 14.4. The van der Waals surface area contributed by atoms with Crippen molar-refractivity contribution >= 4 is 17.3 Å². The molecule has 2 rings (SSSR count). The highest BCUT2D eigenvalue weighted by Crippen LogP contribution is 2.28. The third-order valence-electron chi connectivity index (χ3n) is 2.86. The molecule has 0 amide bonds. The van der Waals surface area contributed by atoms with Crippen molar-refractivity contribution in [2.45, 2.75) is 11.8 Å². The lowest BCUT2D eigenvalue weighted by atomic mass is 10.0. The van der Waals surface area contributed by atoms with Gasteiger partial charge in [0, 0.05) is 23.8 Å². The van der Waals surface area contributed by atoms with Crippen LogP contribution in [0.15, 0.2) is 42.5 Å². The van der Waals surface area contributed by atoms with Gasteiger partial charge in [-0.15, -0.1) is 11.6 Å². The van der Waals surface area contributed by atoms with Crippen LogP contribution < -0.4 is 0 Å². The largest absolute Gasteiger partial charge is 0.269 e. The van der Waals surface area contributed by atoms with Gasteiger partial charge in [0.15, 0.2) is 0 Å². The molecule has 0 aliphatic carbocycles. The van der Waals surface area contributed by atoms with Crippen LogP contribution in [0, 0.1) is 21.7 Å². The molecule has 104 valence electrons. The van der Waals surface area contributed by atoms with Crippen LogP contribution in [0.5, 0.6) is 0 Å². The van der Waals surface area contributed by atoms with E-state index in [1.165, 1.54) is 18.2 Å². The molecule has 0 aliphatic heterocycles. The molecule has 0 heterocycles. The maximum absolute atomic E-state index is 13.6. The first-order valence-corrected chi connectivity index (χ1v) is 6.23.